The molecule has 2 amide bonds. The molecule has 1 aromatic heterocycles. The molecule has 0 saturated heterocycles. The Labute approximate surface area is 146 Å². The van der Waals surface area contributed by atoms with Crippen molar-refractivity contribution in [3.05, 3.63) is 60.3 Å². The quantitative estimate of drug-likeness (QED) is 0.673. The van der Waals surface area contributed by atoms with Crippen molar-refractivity contribution < 1.29 is 9.59 Å². The van der Waals surface area contributed by atoms with Crippen molar-refractivity contribution in [2.45, 2.75) is 26.2 Å². The van der Waals surface area contributed by atoms with Crippen LogP contribution in [0.25, 0.3) is 10.9 Å². The van der Waals surface area contributed by atoms with Crippen LogP contribution in [0.1, 0.15) is 26.3 Å². The summed E-state index contributed by atoms with van der Waals surface area (Å²) in [6, 6.07) is 15.0. The number of amides is 2. The Kier molecular flexibility index (Phi) is 4.31. The molecule has 3 N–H and O–H groups in total. The van der Waals surface area contributed by atoms with Gasteiger partial charge in [0.15, 0.2) is 0 Å². The Morgan fingerprint density at radius 3 is 2.16 bits per heavy atom. The molecule has 0 radical (unpaired) electrons. The maximum absolute atomic E-state index is 12.8. The molecule has 0 aliphatic heterocycles. The van der Waals surface area contributed by atoms with Crippen LogP contribution in [0.2, 0.25) is 0 Å². The van der Waals surface area contributed by atoms with Gasteiger partial charge in [-0.3, -0.25) is 9.59 Å². The van der Waals surface area contributed by atoms with Gasteiger partial charge < -0.3 is 15.6 Å². The number of benzene rings is 2. The molecule has 0 aliphatic rings. The first kappa shape index (κ1) is 16.8. The Morgan fingerprint density at radius 2 is 1.52 bits per heavy atom. The monoisotopic (exact) mass is 335 g/mol. The van der Waals surface area contributed by atoms with Gasteiger partial charge in [-0.15, -0.1) is 0 Å². The number of nitrogens with one attached hydrogen (secondary N) is 3. The molecule has 0 saturated carbocycles. The lowest BCUT2D eigenvalue weighted by Gasteiger charge is -2.23. The van der Waals surface area contributed by atoms with E-state index in [4.69, 9.17) is 0 Å². The summed E-state index contributed by atoms with van der Waals surface area (Å²) in [6.45, 7) is 5.27. The summed E-state index contributed by atoms with van der Waals surface area (Å²) < 4.78 is 0. The van der Waals surface area contributed by atoms with Gasteiger partial charge in [0.1, 0.15) is 0 Å². The molecular weight excluding hydrogens is 314 g/mol. The molecule has 0 atom stereocenters. The molecule has 5 nitrogen and oxygen atoms in total. The second-order valence-electron chi connectivity index (χ2n) is 6.59. The Morgan fingerprint density at radius 1 is 0.920 bits per heavy atom. The average molecular weight is 335 g/mol. The zero-order valence-electron chi connectivity index (χ0n) is 14.5. The van der Waals surface area contributed by atoms with Crippen LogP contribution in [0.3, 0.4) is 0 Å². The van der Waals surface area contributed by atoms with Gasteiger partial charge in [0.2, 0.25) is 11.8 Å². The van der Waals surface area contributed by atoms with Gasteiger partial charge in [-0.25, -0.2) is 0 Å². The molecule has 0 aliphatic carbocycles. The normalized spacial score (nSPS) is 11.3. The van der Waals surface area contributed by atoms with Crippen LogP contribution >= 0.6 is 0 Å². The number of carbonyl (C=O) groups excluding carboxylic acids is 2. The van der Waals surface area contributed by atoms with Crippen LogP contribution in [-0.4, -0.2) is 16.8 Å². The molecule has 5 heteroatoms. The number of para-hydroxylation sites is 1. The maximum atomic E-state index is 12.8. The van der Waals surface area contributed by atoms with E-state index in [1.165, 1.54) is 6.92 Å². The van der Waals surface area contributed by atoms with Gasteiger partial charge in [0.05, 0.1) is 5.41 Å². The molecule has 0 spiro atoms. The van der Waals surface area contributed by atoms with E-state index in [9.17, 15) is 9.59 Å². The predicted octanol–water partition coefficient (Wildman–Crippen LogP) is 4.04. The summed E-state index contributed by atoms with van der Waals surface area (Å²) >= 11 is 0. The lowest BCUT2D eigenvalue weighted by Crippen LogP contribution is -2.34. The summed E-state index contributed by atoms with van der Waals surface area (Å²) in [5, 5.41) is 6.70. The van der Waals surface area contributed by atoms with Crippen LogP contribution in [0.5, 0.6) is 0 Å². The van der Waals surface area contributed by atoms with Crippen molar-refractivity contribution in [2.75, 3.05) is 10.6 Å². The molecule has 25 heavy (non-hydrogen) atoms. The van der Waals surface area contributed by atoms with Gasteiger partial charge in [-0.2, -0.15) is 0 Å². The van der Waals surface area contributed by atoms with Crippen LogP contribution < -0.4 is 10.6 Å². The van der Waals surface area contributed by atoms with Crippen LogP contribution in [0.15, 0.2) is 54.7 Å². The van der Waals surface area contributed by atoms with E-state index < -0.39 is 5.41 Å². The molecule has 0 fully saturated rings. The summed E-state index contributed by atoms with van der Waals surface area (Å²) in [4.78, 5) is 27.1. The first-order chi connectivity index (χ1) is 11.9. The van der Waals surface area contributed by atoms with Gasteiger partial charge in [0.25, 0.3) is 0 Å². The minimum absolute atomic E-state index is 0.0930. The maximum Gasteiger partial charge on any atom is 0.234 e. The van der Waals surface area contributed by atoms with Gasteiger partial charge >= 0.3 is 0 Å². The summed E-state index contributed by atoms with van der Waals surface area (Å²) in [6.07, 6.45) is 1.89. The minimum Gasteiger partial charge on any atom is -0.361 e. The Hall–Kier alpha value is -3.08. The SMILES string of the molecule is CC(=O)Nc1ccc(NC(=O)C(C)(C)c2c[nH]c3ccccc23)cc1. The zero-order valence-corrected chi connectivity index (χ0v) is 14.5. The zero-order chi connectivity index (χ0) is 18.0. The number of anilines is 2. The highest BCUT2D eigenvalue weighted by Crippen LogP contribution is 2.31. The highest BCUT2D eigenvalue weighted by molar-refractivity contribution is 6.02. The van der Waals surface area contributed by atoms with Crippen molar-refractivity contribution in [2.24, 2.45) is 0 Å². The van der Waals surface area contributed by atoms with Gasteiger partial charge in [0, 0.05) is 35.4 Å². The standard InChI is InChI=1S/C20H21N3O2/c1-13(24)22-14-8-10-15(11-9-14)23-19(25)20(2,3)17-12-21-18-7-5-4-6-16(17)18/h4-12,21H,1-3H3,(H,22,24)(H,23,25). The summed E-state index contributed by atoms with van der Waals surface area (Å²) in [7, 11) is 0. The third kappa shape index (κ3) is 3.40. The highest BCUT2D eigenvalue weighted by Gasteiger charge is 2.32. The number of fused-ring (bicyclic) bond motifs is 1. The molecule has 3 aromatic rings. The third-order valence-corrected chi connectivity index (χ3v) is 4.29. The smallest absolute Gasteiger partial charge is 0.234 e. The van der Waals surface area contributed by atoms with E-state index in [0.29, 0.717) is 11.4 Å². The highest BCUT2D eigenvalue weighted by atomic mass is 16.2. The molecule has 3 rings (SSSR count). The van der Waals surface area contributed by atoms with E-state index in [1.54, 1.807) is 24.3 Å². The predicted molar refractivity (Wildman–Crippen MR) is 101 cm³/mol. The first-order valence-corrected chi connectivity index (χ1v) is 8.13. The largest absolute Gasteiger partial charge is 0.361 e. The lowest BCUT2D eigenvalue weighted by molar-refractivity contribution is -0.120. The molecule has 1 heterocycles. The number of aromatic amines is 1. The fourth-order valence-electron chi connectivity index (χ4n) is 2.84. The number of aromatic nitrogens is 1. The van der Waals surface area contributed by atoms with E-state index in [0.717, 1.165) is 16.5 Å². The molecule has 0 bridgehead atoms. The fourth-order valence-corrected chi connectivity index (χ4v) is 2.84. The molecule has 128 valence electrons. The summed E-state index contributed by atoms with van der Waals surface area (Å²) in [5.41, 5.74) is 2.65. The van der Waals surface area contributed by atoms with E-state index >= 15 is 0 Å². The molecular formula is C20H21N3O2. The van der Waals surface area contributed by atoms with E-state index in [2.05, 4.69) is 15.6 Å². The van der Waals surface area contributed by atoms with E-state index in [-0.39, 0.29) is 11.8 Å². The topological polar surface area (TPSA) is 74.0 Å². The second-order valence-corrected chi connectivity index (χ2v) is 6.59. The van der Waals surface area contributed by atoms with Crippen molar-refractivity contribution in [3.63, 3.8) is 0 Å². The van der Waals surface area contributed by atoms with Crippen molar-refractivity contribution in [1.29, 1.82) is 0 Å². The first-order valence-electron chi connectivity index (χ1n) is 8.13. The molecule has 2 aromatic carbocycles. The number of H-pyrrole nitrogens is 1. The fraction of sp³-hybridized carbons (Fsp3) is 0.200. The van der Waals surface area contributed by atoms with Crippen LogP contribution in [0.4, 0.5) is 11.4 Å². The Balaban J connectivity index is 1.81. The average Bonchev–Trinajstić information content (AvgIpc) is 3.01. The van der Waals surface area contributed by atoms with Crippen LogP contribution in [-0.2, 0) is 15.0 Å². The minimum atomic E-state index is -0.699. The van der Waals surface area contributed by atoms with Gasteiger partial charge in [-0.1, -0.05) is 18.2 Å². The third-order valence-electron chi connectivity index (χ3n) is 4.29. The number of rotatable bonds is 4. The number of hydrogen-bond donors (Lipinski definition) is 3. The second kappa shape index (κ2) is 6.43. The van der Waals surface area contributed by atoms with Crippen molar-refractivity contribution >= 4 is 34.1 Å². The lowest BCUT2D eigenvalue weighted by atomic mass is 9.83. The van der Waals surface area contributed by atoms with Crippen molar-refractivity contribution in [3.8, 4) is 0 Å². The van der Waals surface area contributed by atoms with Gasteiger partial charge in [-0.05, 0) is 49.7 Å². The molecule has 0 unspecified atom stereocenters. The summed E-state index contributed by atoms with van der Waals surface area (Å²) in [5.74, 6) is -0.221. The van der Waals surface area contributed by atoms with E-state index in [1.807, 2.05) is 44.3 Å². The van der Waals surface area contributed by atoms with Crippen molar-refractivity contribution in [1.82, 2.24) is 4.98 Å². The Bertz CT molecular complexity index is 924. The van der Waals surface area contributed by atoms with Crippen LogP contribution in [0, 0.1) is 0 Å². The number of carbonyl (C=O) groups is 2. The number of hydrogen-bond acceptors (Lipinski definition) is 2.